The highest BCUT2D eigenvalue weighted by molar-refractivity contribution is 6.39. The largest absolute Gasteiger partial charge is 0.383 e. The highest BCUT2D eigenvalue weighted by atomic mass is 35.5. The summed E-state index contributed by atoms with van der Waals surface area (Å²) in [4.78, 5) is 42.0. The van der Waals surface area contributed by atoms with Gasteiger partial charge in [0.15, 0.2) is 0 Å². The number of carbonyl (C=O) groups is 3. The van der Waals surface area contributed by atoms with Crippen LogP contribution in [0.15, 0.2) is 60.2 Å². The number of nitrogens with zero attached hydrogens (tertiary/aromatic N) is 3. The number of benzene rings is 2. The normalized spacial score (nSPS) is 15.5. The number of para-hydroxylation sites is 1. The second kappa shape index (κ2) is 9.90. The number of aryl methyl sites for hydroxylation is 2. The number of hydrogen-bond donors (Lipinski definition) is 0. The van der Waals surface area contributed by atoms with E-state index in [-0.39, 0.29) is 18.7 Å². The predicted octanol–water partition coefficient (Wildman–Crippen LogP) is 5.08. The van der Waals surface area contributed by atoms with Crippen molar-refractivity contribution in [3.05, 3.63) is 87.7 Å². The van der Waals surface area contributed by atoms with Crippen LogP contribution in [0.1, 0.15) is 22.5 Å². The third-order valence-corrected chi connectivity index (χ3v) is 6.28. The van der Waals surface area contributed by atoms with Crippen LogP contribution in [0.2, 0.25) is 5.02 Å². The van der Waals surface area contributed by atoms with Crippen molar-refractivity contribution in [1.82, 2.24) is 9.47 Å². The average Bonchev–Trinajstić information content (AvgIpc) is 3.11. The van der Waals surface area contributed by atoms with Crippen LogP contribution < -0.4 is 4.90 Å². The molecule has 2 aromatic carbocycles. The summed E-state index contributed by atoms with van der Waals surface area (Å²) in [5, 5.41) is 0.612. The minimum Gasteiger partial charge on any atom is -0.383 e. The first kappa shape index (κ1) is 24.4. The molecule has 0 bridgehead atoms. The van der Waals surface area contributed by atoms with Crippen LogP contribution in [0.4, 0.5) is 10.5 Å². The topological polar surface area (TPSA) is 71.8 Å². The molecule has 1 aromatic heterocycles. The summed E-state index contributed by atoms with van der Waals surface area (Å²) in [7, 11) is 1.49. The fraction of sp³-hybridized carbons (Fsp3) is 0.222. The van der Waals surface area contributed by atoms with E-state index in [0.29, 0.717) is 16.3 Å². The molecule has 7 nitrogen and oxygen atoms in total. The van der Waals surface area contributed by atoms with E-state index in [1.54, 1.807) is 36.4 Å². The molecule has 0 saturated carbocycles. The molecule has 0 N–H and O–H groups in total. The zero-order chi connectivity index (χ0) is 25.3. The van der Waals surface area contributed by atoms with Gasteiger partial charge in [-0.25, -0.2) is 9.69 Å². The Morgan fingerprint density at radius 1 is 0.943 bits per heavy atom. The molecule has 3 aromatic rings. The molecular weight excluding hydrogens is 466 g/mol. The average molecular weight is 492 g/mol. The number of methoxy groups -OCH3 is 1. The minimum atomic E-state index is -0.694. The Labute approximate surface area is 209 Å². The number of rotatable bonds is 6. The number of hydrogen-bond acceptors (Lipinski definition) is 4. The van der Waals surface area contributed by atoms with Gasteiger partial charge in [-0.2, -0.15) is 0 Å². The smallest absolute Gasteiger partial charge is 0.338 e. The van der Waals surface area contributed by atoms with Crippen LogP contribution in [0, 0.1) is 20.8 Å². The van der Waals surface area contributed by atoms with Gasteiger partial charge in [0.1, 0.15) is 5.57 Å². The van der Waals surface area contributed by atoms with Gasteiger partial charge >= 0.3 is 6.03 Å². The van der Waals surface area contributed by atoms with Crippen molar-refractivity contribution in [2.45, 2.75) is 20.8 Å². The third-order valence-electron chi connectivity index (χ3n) is 6.05. The summed E-state index contributed by atoms with van der Waals surface area (Å²) in [6, 6.07) is 15.4. The first-order chi connectivity index (χ1) is 16.7. The molecule has 0 unspecified atom stereocenters. The summed E-state index contributed by atoms with van der Waals surface area (Å²) in [6.07, 6.45) is 1.56. The number of imide groups is 2. The van der Waals surface area contributed by atoms with Crippen LogP contribution in [0.3, 0.4) is 0 Å². The van der Waals surface area contributed by atoms with Gasteiger partial charge in [0.25, 0.3) is 11.8 Å². The van der Waals surface area contributed by atoms with Crippen molar-refractivity contribution in [3.63, 3.8) is 0 Å². The molecule has 0 atom stereocenters. The molecule has 1 saturated heterocycles. The molecule has 0 radical (unpaired) electrons. The molecule has 4 rings (SSSR count). The predicted molar refractivity (Wildman–Crippen MR) is 136 cm³/mol. The van der Waals surface area contributed by atoms with Crippen LogP contribution in [-0.4, -0.2) is 47.6 Å². The molecule has 1 aliphatic heterocycles. The number of amides is 4. The lowest BCUT2D eigenvalue weighted by Crippen LogP contribution is -2.57. The van der Waals surface area contributed by atoms with Gasteiger partial charge in [-0.1, -0.05) is 35.9 Å². The van der Waals surface area contributed by atoms with Crippen LogP contribution in [0.25, 0.3) is 11.8 Å². The highest BCUT2D eigenvalue weighted by Crippen LogP contribution is 2.30. The van der Waals surface area contributed by atoms with Crippen molar-refractivity contribution in [3.8, 4) is 5.69 Å². The Balaban J connectivity index is 1.83. The standard InChI is InChI=1S/C27H26ClN3O4/c1-17-10-11-21(28)16-24(17)30-18(2)14-20(19(30)3)15-23-25(32)29(12-13-35-4)27(34)31(26(23)33)22-8-6-5-7-9-22/h5-11,14-16H,12-13H2,1-4H3/b23-15-. The Kier molecular flexibility index (Phi) is 6.91. The zero-order valence-corrected chi connectivity index (χ0v) is 20.8. The number of aromatic nitrogens is 1. The maximum absolute atomic E-state index is 13.5. The summed E-state index contributed by atoms with van der Waals surface area (Å²) in [6.45, 7) is 6.05. The van der Waals surface area contributed by atoms with Crippen molar-refractivity contribution in [2.75, 3.05) is 25.2 Å². The summed E-state index contributed by atoms with van der Waals surface area (Å²) in [5.41, 5.74) is 4.71. The lowest BCUT2D eigenvalue weighted by atomic mass is 10.1. The Bertz CT molecular complexity index is 1340. The fourth-order valence-electron chi connectivity index (χ4n) is 4.24. The van der Waals surface area contributed by atoms with E-state index in [1.165, 1.54) is 7.11 Å². The number of barbiturate groups is 1. The van der Waals surface area contributed by atoms with Crippen LogP contribution >= 0.6 is 11.6 Å². The SMILES string of the molecule is COCCN1C(=O)/C(=C/c2cc(C)n(-c3cc(Cl)ccc3C)c2C)C(=O)N(c2ccccc2)C1=O. The van der Waals surface area contributed by atoms with Gasteiger partial charge < -0.3 is 9.30 Å². The summed E-state index contributed by atoms with van der Waals surface area (Å²) in [5.74, 6) is -1.31. The van der Waals surface area contributed by atoms with Gasteiger partial charge in [0.05, 0.1) is 18.8 Å². The number of anilines is 1. The van der Waals surface area contributed by atoms with E-state index in [9.17, 15) is 14.4 Å². The molecule has 4 amide bonds. The Hall–Kier alpha value is -3.68. The minimum absolute atomic E-state index is 0.0306. The molecule has 180 valence electrons. The maximum atomic E-state index is 13.5. The number of ether oxygens (including phenoxy) is 1. The maximum Gasteiger partial charge on any atom is 0.338 e. The summed E-state index contributed by atoms with van der Waals surface area (Å²) >= 11 is 6.25. The van der Waals surface area contributed by atoms with E-state index in [1.807, 2.05) is 49.6 Å². The quantitative estimate of drug-likeness (QED) is 0.356. The second-order valence-electron chi connectivity index (χ2n) is 8.36. The molecule has 0 spiro atoms. The van der Waals surface area contributed by atoms with E-state index < -0.39 is 17.8 Å². The van der Waals surface area contributed by atoms with Crippen molar-refractivity contribution < 1.29 is 19.1 Å². The van der Waals surface area contributed by atoms with E-state index >= 15 is 0 Å². The Morgan fingerprint density at radius 3 is 2.34 bits per heavy atom. The van der Waals surface area contributed by atoms with Crippen molar-refractivity contribution >= 4 is 41.2 Å². The fourth-order valence-corrected chi connectivity index (χ4v) is 4.41. The molecule has 35 heavy (non-hydrogen) atoms. The van der Waals surface area contributed by atoms with Gasteiger partial charge in [-0.3, -0.25) is 14.5 Å². The monoisotopic (exact) mass is 491 g/mol. The lowest BCUT2D eigenvalue weighted by molar-refractivity contribution is -0.129. The van der Waals surface area contributed by atoms with Crippen molar-refractivity contribution in [2.24, 2.45) is 0 Å². The third kappa shape index (κ3) is 4.52. The molecule has 1 aliphatic rings. The van der Waals surface area contributed by atoms with E-state index in [2.05, 4.69) is 0 Å². The number of urea groups is 1. The van der Waals surface area contributed by atoms with Crippen LogP contribution in [0.5, 0.6) is 0 Å². The highest BCUT2D eigenvalue weighted by Gasteiger charge is 2.42. The van der Waals surface area contributed by atoms with Gasteiger partial charge in [-0.05, 0) is 68.3 Å². The van der Waals surface area contributed by atoms with Crippen molar-refractivity contribution in [1.29, 1.82) is 0 Å². The first-order valence-electron chi connectivity index (χ1n) is 11.2. The molecule has 0 aliphatic carbocycles. The Morgan fingerprint density at radius 2 is 1.66 bits per heavy atom. The van der Waals surface area contributed by atoms with Crippen LogP contribution in [-0.2, 0) is 14.3 Å². The number of carbonyl (C=O) groups excluding carboxylic acids is 3. The first-order valence-corrected chi connectivity index (χ1v) is 11.5. The number of halogens is 1. The van der Waals surface area contributed by atoms with Gasteiger partial charge in [-0.15, -0.1) is 0 Å². The zero-order valence-electron chi connectivity index (χ0n) is 20.0. The molecule has 8 heteroatoms. The molecular formula is C27H26ClN3O4. The second-order valence-corrected chi connectivity index (χ2v) is 8.80. The molecule has 2 heterocycles. The summed E-state index contributed by atoms with van der Waals surface area (Å²) < 4.78 is 7.12. The van der Waals surface area contributed by atoms with Gasteiger partial charge in [0, 0.05) is 29.2 Å². The van der Waals surface area contributed by atoms with E-state index in [0.717, 1.165) is 32.4 Å². The van der Waals surface area contributed by atoms with Gasteiger partial charge in [0.2, 0.25) is 0 Å². The molecule has 1 fully saturated rings. The van der Waals surface area contributed by atoms with E-state index in [4.69, 9.17) is 16.3 Å². The lowest BCUT2D eigenvalue weighted by Gasteiger charge is -2.33.